The van der Waals surface area contributed by atoms with Crippen LogP contribution in [0.15, 0.2) is 27.6 Å². The monoisotopic (exact) mass is 245 g/mol. The molecule has 1 aromatic rings. The van der Waals surface area contributed by atoms with Crippen LogP contribution in [0.25, 0.3) is 0 Å². The average molecular weight is 246 g/mol. The zero-order valence-electron chi connectivity index (χ0n) is 6.58. The fraction of sp³-hybridized carbons (Fsp3) is 0.250. The van der Waals surface area contributed by atoms with E-state index in [1.54, 1.807) is 0 Å². The second-order valence-electron chi connectivity index (χ2n) is 2.76. The summed E-state index contributed by atoms with van der Waals surface area (Å²) in [6.45, 7) is 0. The third-order valence-corrected chi connectivity index (χ3v) is 3.97. The molecule has 0 amide bonds. The number of hydrogen-bond donors (Lipinski definition) is 0. The normalized spacial score (nSPS) is 21.2. The largest absolute Gasteiger partial charge is 0.360 e. The van der Waals surface area contributed by atoms with Gasteiger partial charge in [0.25, 0.3) is 0 Å². The van der Waals surface area contributed by atoms with Crippen LogP contribution in [0.2, 0.25) is 0 Å². The minimum absolute atomic E-state index is 0.609. The molecule has 2 rings (SSSR count). The van der Waals surface area contributed by atoms with E-state index in [9.17, 15) is 4.21 Å². The highest BCUT2D eigenvalue weighted by molar-refractivity contribution is 9.10. The molecule has 2 nitrogen and oxygen atoms in total. The molecule has 0 aromatic heterocycles. The maximum atomic E-state index is 11.5. The summed E-state index contributed by atoms with van der Waals surface area (Å²) in [6.07, 6.45) is 0. The molecule has 0 spiro atoms. The summed E-state index contributed by atoms with van der Waals surface area (Å²) in [4.78, 5) is 2.95. The topological polar surface area (TPSA) is 20.3 Å². The van der Waals surface area contributed by atoms with Crippen molar-refractivity contribution >= 4 is 32.4 Å². The maximum absolute atomic E-state index is 11.5. The predicted molar refractivity (Wildman–Crippen MR) is 53.8 cm³/mol. The van der Waals surface area contributed by atoms with E-state index in [1.165, 1.54) is 0 Å². The van der Waals surface area contributed by atoms with E-state index in [4.69, 9.17) is 0 Å². The molecule has 0 saturated carbocycles. The van der Waals surface area contributed by atoms with Crippen LogP contribution in [-0.2, 0) is 10.8 Å². The Bertz CT molecular complexity index is 353. The maximum Gasteiger partial charge on any atom is 0.0982 e. The molecule has 0 radical (unpaired) electrons. The lowest BCUT2D eigenvalue weighted by Crippen LogP contribution is -2.14. The van der Waals surface area contributed by atoms with Crippen LogP contribution in [0.5, 0.6) is 0 Å². The van der Waals surface area contributed by atoms with E-state index in [1.807, 2.05) is 30.1 Å². The first-order valence-electron chi connectivity index (χ1n) is 3.58. The highest BCUT2D eigenvalue weighted by atomic mass is 79.9. The summed E-state index contributed by atoms with van der Waals surface area (Å²) in [5.41, 5.74) is 1.07. The van der Waals surface area contributed by atoms with Crippen LogP contribution in [0.1, 0.15) is 0 Å². The van der Waals surface area contributed by atoms with Crippen molar-refractivity contribution in [1.29, 1.82) is 0 Å². The number of nitrogens with zero attached hydrogens (tertiary/aromatic N) is 1. The van der Waals surface area contributed by atoms with Crippen molar-refractivity contribution in [2.24, 2.45) is 0 Å². The Morgan fingerprint density at radius 3 is 3.00 bits per heavy atom. The number of anilines is 1. The zero-order chi connectivity index (χ0) is 8.72. The van der Waals surface area contributed by atoms with Gasteiger partial charge in [0.1, 0.15) is 0 Å². The van der Waals surface area contributed by atoms with Crippen molar-refractivity contribution in [2.75, 3.05) is 17.8 Å². The standard InChI is InChI=1S/C8H8BrNOS/c1-10-5-12(11)7-4-2-3-6(9)8(7)10/h2-4H,5H2,1H3. The molecule has 0 saturated heterocycles. The zero-order valence-corrected chi connectivity index (χ0v) is 8.98. The lowest BCUT2D eigenvalue weighted by molar-refractivity contribution is 0.685. The predicted octanol–water partition coefficient (Wildman–Crippen LogP) is 1.96. The van der Waals surface area contributed by atoms with Gasteiger partial charge in [-0.25, -0.2) is 0 Å². The van der Waals surface area contributed by atoms with Crippen molar-refractivity contribution in [2.45, 2.75) is 4.90 Å². The van der Waals surface area contributed by atoms with Crippen LogP contribution in [0.4, 0.5) is 5.69 Å². The second-order valence-corrected chi connectivity index (χ2v) is 5.00. The Balaban J connectivity index is 2.67. The molecule has 1 aliphatic heterocycles. The third kappa shape index (κ3) is 1.10. The van der Waals surface area contributed by atoms with Crippen molar-refractivity contribution in [1.82, 2.24) is 0 Å². The molecule has 1 atom stereocenters. The van der Waals surface area contributed by atoms with E-state index < -0.39 is 10.8 Å². The van der Waals surface area contributed by atoms with Crippen LogP contribution in [0, 0.1) is 0 Å². The number of para-hydroxylation sites is 1. The van der Waals surface area contributed by atoms with Crippen molar-refractivity contribution in [3.63, 3.8) is 0 Å². The molecule has 1 aliphatic rings. The van der Waals surface area contributed by atoms with Crippen molar-refractivity contribution in [3.05, 3.63) is 22.7 Å². The Labute approximate surface area is 82.2 Å². The fourth-order valence-corrected chi connectivity index (χ4v) is 3.49. The van der Waals surface area contributed by atoms with Gasteiger partial charge in [0.15, 0.2) is 0 Å². The second kappa shape index (κ2) is 2.85. The number of benzene rings is 1. The van der Waals surface area contributed by atoms with Crippen molar-refractivity contribution < 1.29 is 4.21 Å². The summed E-state index contributed by atoms with van der Waals surface area (Å²) in [5, 5.41) is 0. The van der Waals surface area contributed by atoms with E-state index in [2.05, 4.69) is 15.9 Å². The number of fused-ring (bicyclic) bond motifs is 1. The molecule has 1 aromatic carbocycles. The highest BCUT2D eigenvalue weighted by Gasteiger charge is 2.24. The summed E-state index contributed by atoms with van der Waals surface area (Å²) in [5.74, 6) is 0.609. The molecule has 1 unspecified atom stereocenters. The summed E-state index contributed by atoms with van der Waals surface area (Å²) in [7, 11) is 1.11. The molecule has 0 aliphatic carbocycles. The minimum Gasteiger partial charge on any atom is -0.360 e. The van der Waals surface area contributed by atoms with E-state index in [0.29, 0.717) is 5.88 Å². The van der Waals surface area contributed by atoms with E-state index in [0.717, 1.165) is 15.1 Å². The van der Waals surface area contributed by atoms with E-state index in [-0.39, 0.29) is 0 Å². The lowest BCUT2D eigenvalue weighted by atomic mass is 10.3. The molecule has 0 bridgehead atoms. The van der Waals surface area contributed by atoms with Crippen LogP contribution in [0.3, 0.4) is 0 Å². The Hall–Kier alpha value is -0.350. The molecule has 0 fully saturated rings. The van der Waals surface area contributed by atoms with Gasteiger partial charge in [0.05, 0.1) is 27.3 Å². The van der Waals surface area contributed by atoms with Crippen LogP contribution < -0.4 is 4.90 Å². The molecular formula is C8H8BrNOS. The molecular weight excluding hydrogens is 238 g/mol. The number of halogens is 1. The average Bonchev–Trinajstić information content (AvgIpc) is 2.29. The number of rotatable bonds is 0. The minimum atomic E-state index is -0.842. The van der Waals surface area contributed by atoms with E-state index >= 15 is 0 Å². The highest BCUT2D eigenvalue weighted by Crippen LogP contribution is 2.36. The summed E-state index contributed by atoms with van der Waals surface area (Å²) < 4.78 is 12.5. The number of hydrogen-bond acceptors (Lipinski definition) is 2. The van der Waals surface area contributed by atoms with Crippen LogP contribution in [-0.4, -0.2) is 17.1 Å². The first-order valence-corrected chi connectivity index (χ1v) is 5.69. The Morgan fingerprint density at radius 2 is 2.33 bits per heavy atom. The van der Waals surface area contributed by atoms with Gasteiger partial charge in [-0.1, -0.05) is 6.07 Å². The molecule has 1 heterocycles. The van der Waals surface area contributed by atoms with Crippen molar-refractivity contribution in [3.8, 4) is 0 Å². The third-order valence-electron chi connectivity index (χ3n) is 1.89. The van der Waals surface area contributed by atoms with Gasteiger partial charge < -0.3 is 4.90 Å². The summed E-state index contributed by atoms with van der Waals surface area (Å²) >= 11 is 3.44. The lowest BCUT2D eigenvalue weighted by Gasteiger charge is -2.11. The van der Waals surface area contributed by atoms with Gasteiger partial charge in [-0.3, -0.25) is 4.21 Å². The Morgan fingerprint density at radius 1 is 1.58 bits per heavy atom. The molecule has 4 heteroatoms. The summed E-state index contributed by atoms with van der Waals surface area (Å²) in [6, 6.07) is 5.80. The first-order chi connectivity index (χ1) is 5.70. The SMILES string of the molecule is CN1CS(=O)c2cccc(Br)c21. The molecule has 64 valence electrons. The van der Waals surface area contributed by atoms with Gasteiger partial charge in [0.2, 0.25) is 0 Å². The Kier molecular flexibility index (Phi) is 1.96. The smallest absolute Gasteiger partial charge is 0.0982 e. The molecule has 12 heavy (non-hydrogen) atoms. The first kappa shape index (κ1) is 8.26. The van der Waals surface area contributed by atoms with Gasteiger partial charge in [-0.05, 0) is 28.1 Å². The van der Waals surface area contributed by atoms with Gasteiger partial charge in [-0.2, -0.15) is 0 Å². The van der Waals surface area contributed by atoms with Crippen LogP contribution >= 0.6 is 15.9 Å². The van der Waals surface area contributed by atoms with Gasteiger partial charge in [0, 0.05) is 11.5 Å². The quantitative estimate of drug-likeness (QED) is 0.697. The fourth-order valence-electron chi connectivity index (χ4n) is 1.36. The van der Waals surface area contributed by atoms with Gasteiger partial charge >= 0.3 is 0 Å². The molecule has 0 N–H and O–H groups in total. The van der Waals surface area contributed by atoms with Gasteiger partial charge in [-0.15, -0.1) is 0 Å².